The Kier molecular flexibility index (Phi) is 8.07. The van der Waals surface area contributed by atoms with Crippen molar-refractivity contribution in [1.82, 2.24) is 4.90 Å². The molecule has 0 spiro atoms. The van der Waals surface area contributed by atoms with E-state index in [4.69, 9.17) is 4.74 Å². The molecule has 0 amide bonds. The molecule has 0 N–H and O–H groups in total. The Balaban J connectivity index is 2.29. The lowest BCUT2D eigenvalue weighted by molar-refractivity contribution is -0.146. The Bertz CT molecular complexity index is 258. The largest absolute Gasteiger partial charge is 0.467 e. The maximum atomic E-state index is 11.0. The Hall–Kier alpha value is -0.610. The Morgan fingerprint density at radius 2 is 2.21 bits per heavy atom. The quantitative estimate of drug-likeness (QED) is 0.477. The van der Waals surface area contributed by atoms with Crippen LogP contribution < -0.4 is 0 Å². The molecule has 4 heteroatoms. The van der Waals surface area contributed by atoms with Gasteiger partial charge in [0.25, 0.3) is 0 Å². The molecule has 0 aromatic heterocycles. The third kappa shape index (κ3) is 5.49. The molecule has 1 rings (SSSR count). The Morgan fingerprint density at radius 3 is 2.84 bits per heavy atom. The maximum absolute atomic E-state index is 11.0. The molecule has 0 aliphatic carbocycles. The highest BCUT2D eigenvalue weighted by Gasteiger charge is 2.28. The van der Waals surface area contributed by atoms with Crippen molar-refractivity contribution in [2.24, 2.45) is 0 Å². The van der Waals surface area contributed by atoms with Crippen LogP contribution in [-0.2, 0) is 14.3 Å². The number of esters is 1. The van der Waals surface area contributed by atoms with E-state index >= 15 is 0 Å². The summed E-state index contributed by atoms with van der Waals surface area (Å²) in [5.74, 6) is -0.291. The van der Waals surface area contributed by atoms with Gasteiger partial charge in [-0.1, -0.05) is 20.3 Å². The number of hydrogen-bond donors (Lipinski definition) is 0. The van der Waals surface area contributed by atoms with E-state index in [-0.39, 0.29) is 12.6 Å². The molecule has 19 heavy (non-hydrogen) atoms. The van der Waals surface area contributed by atoms with Crippen molar-refractivity contribution in [2.45, 2.75) is 64.5 Å². The fourth-order valence-electron chi connectivity index (χ4n) is 3.02. The number of rotatable bonds is 9. The molecule has 1 unspecified atom stereocenters. The SMILES string of the molecule is CCCC(CC)N1CCC[C@H]1CCOCC(=O)OC. The summed E-state index contributed by atoms with van der Waals surface area (Å²) in [5, 5.41) is 0. The molecular weight excluding hydrogens is 242 g/mol. The van der Waals surface area contributed by atoms with E-state index in [1.54, 1.807) is 0 Å². The summed E-state index contributed by atoms with van der Waals surface area (Å²) in [5.41, 5.74) is 0. The normalized spacial score (nSPS) is 21.5. The number of methoxy groups -OCH3 is 1. The van der Waals surface area contributed by atoms with Gasteiger partial charge in [0.2, 0.25) is 0 Å². The average Bonchev–Trinajstić information content (AvgIpc) is 2.88. The van der Waals surface area contributed by atoms with Crippen LogP contribution in [0.2, 0.25) is 0 Å². The van der Waals surface area contributed by atoms with Gasteiger partial charge < -0.3 is 9.47 Å². The third-order valence-corrected chi connectivity index (χ3v) is 4.03. The van der Waals surface area contributed by atoms with E-state index in [9.17, 15) is 4.79 Å². The van der Waals surface area contributed by atoms with Crippen molar-refractivity contribution >= 4 is 5.97 Å². The van der Waals surface area contributed by atoms with Gasteiger partial charge in [0.05, 0.1) is 7.11 Å². The highest BCUT2D eigenvalue weighted by Crippen LogP contribution is 2.26. The van der Waals surface area contributed by atoms with E-state index in [1.807, 2.05) is 0 Å². The first-order valence-electron chi connectivity index (χ1n) is 7.63. The van der Waals surface area contributed by atoms with Gasteiger partial charge in [-0.05, 0) is 38.6 Å². The second kappa shape index (κ2) is 9.32. The van der Waals surface area contributed by atoms with Gasteiger partial charge in [0, 0.05) is 18.7 Å². The molecule has 0 bridgehead atoms. The molecule has 0 radical (unpaired) electrons. The molecule has 2 atom stereocenters. The first kappa shape index (κ1) is 16.4. The molecule has 0 aromatic rings. The highest BCUT2D eigenvalue weighted by molar-refractivity contribution is 5.70. The van der Waals surface area contributed by atoms with Gasteiger partial charge in [-0.3, -0.25) is 4.90 Å². The standard InChI is InChI=1S/C15H29NO3/c1-4-7-13(5-2)16-10-6-8-14(16)9-11-19-12-15(17)18-3/h13-14H,4-12H2,1-3H3/t13?,14-/m0/s1. The van der Waals surface area contributed by atoms with Crippen molar-refractivity contribution < 1.29 is 14.3 Å². The van der Waals surface area contributed by atoms with Crippen LogP contribution in [0.4, 0.5) is 0 Å². The molecule has 0 saturated carbocycles. The van der Waals surface area contributed by atoms with Gasteiger partial charge in [-0.25, -0.2) is 4.79 Å². The van der Waals surface area contributed by atoms with Crippen LogP contribution in [0.5, 0.6) is 0 Å². The van der Waals surface area contributed by atoms with E-state index in [0.29, 0.717) is 12.6 Å². The first-order chi connectivity index (χ1) is 9.22. The van der Waals surface area contributed by atoms with Crippen molar-refractivity contribution in [3.8, 4) is 0 Å². The van der Waals surface area contributed by atoms with Crippen LogP contribution in [-0.4, -0.2) is 49.8 Å². The van der Waals surface area contributed by atoms with Crippen molar-refractivity contribution in [3.05, 3.63) is 0 Å². The second-order valence-corrected chi connectivity index (χ2v) is 5.30. The lowest BCUT2D eigenvalue weighted by Gasteiger charge is -2.32. The zero-order valence-corrected chi connectivity index (χ0v) is 12.7. The first-order valence-corrected chi connectivity index (χ1v) is 7.63. The van der Waals surface area contributed by atoms with Crippen LogP contribution in [0.25, 0.3) is 0 Å². The number of carbonyl (C=O) groups excluding carboxylic acids is 1. The minimum atomic E-state index is -0.291. The molecule has 1 aliphatic heterocycles. The fourth-order valence-corrected chi connectivity index (χ4v) is 3.02. The highest BCUT2D eigenvalue weighted by atomic mass is 16.6. The number of nitrogens with zero attached hydrogens (tertiary/aromatic N) is 1. The monoisotopic (exact) mass is 271 g/mol. The summed E-state index contributed by atoms with van der Waals surface area (Å²) < 4.78 is 9.93. The van der Waals surface area contributed by atoms with Crippen LogP contribution in [0.1, 0.15) is 52.4 Å². The molecule has 112 valence electrons. The lowest BCUT2D eigenvalue weighted by atomic mass is 10.0. The zero-order valence-electron chi connectivity index (χ0n) is 12.7. The van der Waals surface area contributed by atoms with Crippen molar-refractivity contribution in [1.29, 1.82) is 0 Å². The second-order valence-electron chi connectivity index (χ2n) is 5.30. The van der Waals surface area contributed by atoms with Gasteiger partial charge in [0.15, 0.2) is 0 Å². The maximum Gasteiger partial charge on any atom is 0.331 e. The van der Waals surface area contributed by atoms with E-state index in [2.05, 4.69) is 23.5 Å². The molecule has 0 aromatic carbocycles. The molecular formula is C15H29NO3. The minimum absolute atomic E-state index is 0.0788. The van der Waals surface area contributed by atoms with Crippen LogP contribution >= 0.6 is 0 Å². The number of ether oxygens (including phenoxy) is 2. The topological polar surface area (TPSA) is 38.8 Å². The summed E-state index contributed by atoms with van der Waals surface area (Å²) in [6, 6.07) is 1.35. The minimum Gasteiger partial charge on any atom is -0.467 e. The van der Waals surface area contributed by atoms with Crippen LogP contribution in [0.3, 0.4) is 0 Å². The molecule has 1 fully saturated rings. The van der Waals surface area contributed by atoms with Crippen molar-refractivity contribution in [2.75, 3.05) is 26.9 Å². The number of carbonyl (C=O) groups is 1. The predicted octanol–water partition coefficient (Wildman–Crippen LogP) is 2.61. The smallest absolute Gasteiger partial charge is 0.331 e. The van der Waals surface area contributed by atoms with E-state index in [0.717, 1.165) is 12.5 Å². The summed E-state index contributed by atoms with van der Waals surface area (Å²) in [4.78, 5) is 13.6. The summed E-state index contributed by atoms with van der Waals surface area (Å²) in [6.45, 7) is 6.49. The Morgan fingerprint density at radius 1 is 1.42 bits per heavy atom. The molecule has 1 aliphatic rings. The molecule has 4 nitrogen and oxygen atoms in total. The van der Waals surface area contributed by atoms with Gasteiger partial charge >= 0.3 is 5.97 Å². The van der Waals surface area contributed by atoms with Gasteiger partial charge in [-0.15, -0.1) is 0 Å². The summed E-state index contributed by atoms with van der Waals surface area (Å²) in [6.07, 6.45) is 7.35. The number of likely N-dealkylation sites (tertiary alicyclic amines) is 1. The molecule has 1 heterocycles. The van der Waals surface area contributed by atoms with E-state index in [1.165, 1.54) is 45.8 Å². The van der Waals surface area contributed by atoms with Crippen LogP contribution in [0, 0.1) is 0 Å². The Labute approximate surface area is 117 Å². The predicted molar refractivity (Wildman–Crippen MR) is 76.2 cm³/mol. The van der Waals surface area contributed by atoms with E-state index < -0.39 is 0 Å². The van der Waals surface area contributed by atoms with Gasteiger partial charge in [-0.2, -0.15) is 0 Å². The van der Waals surface area contributed by atoms with Crippen LogP contribution in [0.15, 0.2) is 0 Å². The average molecular weight is 271 g/mol. The third-order valence-electron chi connectivity index (χ3n) is 4.03. The van der Waals surface area contributed by atoms with Crippen molar-refractivity contribution in [3.63, 3.8) is 0 Å². The number of hydrogen-bond acceptors (Lipinski definition) is 4. The van der Waals surface area contributed by atoms with Gasteiger partial charge in [0.1, 0.15) is 6.61 Å². The zero-order chi connectivity index (χ0) is 14.1. The summed E-state index contributed by atoms with van der Waals surface area (Å²) >= 11 is 0. The fraction of sp³-hybridized carbons (Fsp3) is 0.933. The molecule has 1 saturated heterocycles. The lowest BCUT2D eigenvalue weighted by Crippen LogP contribution is -2.39. The summed E-state index contributed by atoms with van der Waals surface area (Å²) in [7, 11) is 1.39.